The van der Waals surface area contributed by atoms with Crippen molar-refractivity contribution in [2.75, 3.05) is 10.8 Å². The summed E-state index contributed by atoms with van der Waals surface area (Å²) in [5, 5.41) is 12.0. The number of hydrogen-bond donors (Lipinski definition) is 3. The van der Waals surface area contributed by atoms with Crippen LogP contribution in [0.5, 0.6) is 0 Å². The standard InChI is InChI=1S/C16H17IN2O2/c1-9-8-15(10(2)7-13(9)17)18-16(20)12-5-4-6-14(19-21)11(12)3/h4-8,19,21H,1-3H3,(H,18,20). The molecule has 0 unspecified atom stereocenters. The number of halogens is 1. The smallest absolute Gasteiger partial charge is 0.256 e. The molecule has 110 valence electrons. The molecule has 0 aliphatic carbocycles. The Hall–Kier alpha value is -1.60. The Balaban J connectivity index is 2.33. The summed E-state index contributed by atoms with van der Waals surface area (Å²) in [7, 11) is 0. The highest BCUT2D eigenvalue weighted by molar-refractivity contribution is 14.1. The topological polar surface area (TPSA) is 61.4 Å². The lowest BCUT2D eigenvalue weighted by molar-refractivity contribution is 0.102. The van der Waals surface area contributed by atoms with Crippen molar-refractivity contribution >= 4 is 39.9 Å². The number of carbonyl (C=O) groups excluding carboxylic acids is 1. The molecule has 2 aromatic carbocycles. The first kappa shape index (κ1) is 15.8. The maximum absolute atomic E-state index is 12.4. The molecule has 0 radical (unpaired) electrons. The summed E-state index contributed by atoms with van der Waals surface area (Å²) in [6.45, 7) is 5.77. The first-order valence-electron chi connectivity index (χ1n) is 6.52. The van der Waals surface area contributed by atoms with Gasteiger partial charge < -0.3 is 5.32 Å². The van der Waals surface area contributed by atoms with E-state index in [1.165, 1.54) is 3.57 Å². The minimum atomic E-state index is -0.187. The zero-order valence-corrected chi connectivity index (χ0v) is 14.3. The van der Waals surface area contributed by atoms with Crippen LogP contribution in [0, 0.1) is 24.3 Å². The third-order valence-electron chi connectivity index (χ3n) is 3.45. The van der Waals surface area contributed by atoms with Gasteiger partial charge in [-0.15, -0.1) is 0 Å². The maximum atomic E-state index is 12.4. The summed E-state index contributed by atoms with van der Waals surface area (Å²) in [5.74, 6) is -0.187. The van der Waals surface area contributed by atoms with E-state index >= 15 is 0 Å². The second kappa shape index (κ2) is 6.44. The quantitative estimate of drug-likeness (QED) is 0.537. The van der Waals surface area contributed by atoms with Gasteiger partial charge in [0.1, 0.15) is 0 Å². The molecule has 2 aromatic rings. The van der Waals surface area contributed by atoms with Crippen LogP contribution in [0.3, 0.4) is 0 Å². The predicted molar refractivity (Wildman–Crippen MR) is 93.2 cm³/mol. The first-order valence-corrected chi connectivity index (χ1v) is 7.59. The lowest BCUT2D eigenvalue weighted by Crippen LogP contribution is -2.15. The fourth-order valence-corrected chi connectivity index (χ4v) is 2.73. The Morgan fingerprint density at radius 1 is 1.10 bits per heavy atom. The van der Waals surface area contributed by atoms with Gasteiger partial charge in [0.25, 0.3) is 5.91 Å². The number of rotatable bonds is 3. The van der Waals surface area contributed by atoms with Crippen molar-refractivity contribution in [3.05, 3.63) is 56.2 Å². The number of aryl methyl sites for hydroxylation is 2. The van der Waals surface area contributed by atoms with Gasteiger partial charge in [0.15, 0.2) is 0 Å². The molecule has 0 aromatic heterocycles. The molecule has 0 saturated carbocycles. The molecule has 2 rings (SSSR count). The number of carbonyl (C=O) groups is 1. The number of anilines is 2. The van der Waals surface area contributed by atoms with Crippen LogP contribution in [0.15, 0.2) is 30.3 Å². The van der Waals surface area contributed by atoms with Gasteiger partial charge >= 0.3 is 0 Å². The van der Waals surface area contributed by atoms with E-state index < -0.39 is 0 Å². The highest BCUT2D eigenvalue weighted by Gasteiger charge is 2.13. The zero-order chi connectivity index (χ0) is 15.6. The summed E-state index contributed by atoms with van der Waals surface area (Å²) in [6.07, 6.45) is 0. The van der Waals surface area contributed by atoms with Crippen molar-refractivity contribution in [2.45, 2.75) is 20.8 Å². The van der Waals surface area contributed by atoms with E-state index in [0.29, 0.717) is 16.8 Å². The summed E-state index contributed by atoms with van der Waals surface area (Å²) in [6, 6.07) is 9.20. The maximum Gasteiger partial charge on any atom is 0.256 e. The summed E-state index contributed by atoms with van der Waals surface area (Å²) >= 11 is 2.28. The lowest BCUT2D eigenvalue weighted by Gasteiger charge is -2.13. The van der Waals surface area contributed by atoms with Crippen molar-refractivity contribution in [3.63, 3.8) is 0 Å². The minimum absolute atomic E-state index is 0.187. The summed E-state index contributed by atoms with van der Waals surface area (Å²) < 4.78 is 1.17. The van der Waals surface area contributed by atoms with Crippen molar-refractivity contribution in [1.29, 1.82) is 0 Å². The molecule has 1 amide bonds. The van der Waals surface area contributed by atoms with E-state index in [0.717, 1.165) is 16.8 Å². The van der Waals surface area contributed by atoms with Gasteiger partial charge in [-0.1, -0.05) is 6.07 Å². The van der Waals surface area contributed by atoms with Crippen molar-refractivity contribution < 1.29 is 10.0 Å². The largest absolute Gasteiger partial charge is 0.322 e. The van der Waals surface area contributed by atoms with Crippen LogP contribution in [0.1, 0.15) is 27.0 Å². The monoisotopic (exact) mass is 396 g/mol. The minimum Gasteiger partial charge on any atom is -0.322 e. The first-order chi connectivity index (χ1) is 9.93. The fourth-order valence-electron chi connectivity index (χ4n) is 2.11. The van der Waals surface area contributed by atoms with Crippen LogP contribution in [-0.2, 0) is 0 Å². The highest BCUT2D eigenvalue weighted by atomic mass is 127. The lowest BCUT2D eigenvalue weighted by atomic mass is 10.1. The SMILES string of the molecule is Cc1cc(NC(=O)c2cccc(NO)c2C)c(C)cc1I. The second-order valence-electron chi connectivity index (χ2n) is 4.96. The van der Waals surface area contributed by atoms with Crippen LogP contribution >= 0.6 is 22.6 Å². The van der Waals surface area contributed by atoms with E-state index in [9.17, 15) is 4.79 Å². The molecule has 21 heavy (non-hydrogen) atoms. The molecule has 0 aliphatic rings. The van der Waals surface area contributed by atoms with Gasteiger partial charge in [-0.2, -0.15) is 0 Å². The van der Waals surface area contributed by atoms with Gasteiger partial charge in [0, 0.05) is 14.8 Å². The van der Waals surface area contributed by atoms with E-state index in [1.807, 2.05) is 26.0 Å². The Morgan fingerprint density at radius 2 is 1.81 bits per heavy atom. The number of nitrogens with one attached hydrogen (secondary N) is 2. The normalized spacial score (nSPS) is 10.3. The molecule has 0 aliphatic heterocycles. The van der Waals surface area contributed by atoms with Gasteiger partial charge in [-0.05, 0) is 84.3 Å². The molecule has 5 heteroatoms. The average Bonchev–Trinajstić information content (AvgIpc) is 2.44. The third kappa shape index (κ3) is 3.36. The summed E-state index contributed by atoms with van der Waals surface area (Å²) in [4.78, 5) is 12.4. The van der Waals surface area contributed by atoms with Gasteiger partial charge in [-0.3, -0.25) is 15.5 Å². The van der Waals surface area contributed by atoms with Crippen LogP contribution < -0.4 is 10.8 Å². The van der Waals surface area contributed by atoms with Gasteiger partial charge in [0.2, 0.25) is 0 Å². The Morgan fingerprint density at radius 3 is 2.48 bits per heavy atom. The number of amides is 1. The highest BCUT2D eigenvalue weighted by Crippen LogP contribution is 2.24. The predicted octanol–water partition coefficient (Wildman–Crippen LogP) is 4.27. The molecule has 0 heterocycles. The van der Waals surface area contributed by atoms with Gasteiger partial charge in [0.05, 0.1) is 5.69 Å². The molecule has 0 spiro atoms. The van der Waals surface area contributed by atoms with E-state index in [2.05, 4.69) is 33.4 Å². The molecule has 0 bridgehead atoms. The molecule has 0 saturated heterocycles. The fraction of sp³-hybridized carbons (Fsp3) is 0.188. The van der Waals surface area contributed by atoms with E-state index in [4.69, 9.17) is 5.21 Å². The zero-order valence-electron chi connectivity index (χ0n) is 12.1. The molecule has 0 atom stereocenters. The average molecular weight is 396 g/mol. The second-order valence-corrected chi connectivity index (χ2v) is 6.12. The number of hydrogen-bond acceptors (Lipinski definition) is 3. The van der Waals surface area contributed by atoms with E-state index in [1.54, 1.807) is 25.1 Å². The Bertz CT molecular complexity index is 699. The van der Waals surface area contributed by atoms with Crippen LogP contribution in [0.25, 0.3) is 0 Å². The molecular weight excluding hydrogens is 379 g/mol. The van der Waals surface area contributed by atoms with Crippen molar-refractivity contribution in [2.24, 2.45) is 0 Å². The van der Waals surface area contributed by atoms with Crippen LogP contribution in [0.4, 0.5) is 11.4 Å². The van der Waals surface area contributed by atoms with Crippen LogP contribution in [-0.4, -0.2) is 11.1 Å². The number of benzene rings is 2. The molecule has 0 fully saturated rings. The Kier molecular flexibility index (Phi) is 4.84. The van der Waals surface area contributed by atoms with Crippen LogP contribution in [0.2, 0.25) is 0 Å². The van der Waals surface area contributed by atoms with Gasteiger partial charge in [-0.25, -0.2) is 0 Å². The van der Waals surface area contributed by atoms with Crippen molar-refractivity contribution in [3.8, 4) is 0 Å². The summed E-state index contributed by atoms with van der Waals surface area (Å²) in [5.41, 5.74) is 6.82. The molecule has 3 N–H and O–H groups in total. The third-order valence-corrected chi connectivity index (χ3v) is 4.61. The molecular formula is C16H17IN2O2. The Labute approximate surface area is 137 Å². The van der Waals surface area contributed by atoms with E-state index in [-0.39, 0.29) is 5.91 Å². The molecule has 4 nitrogen and oxygen atoms in total. The van der Waals surface area contributed by atoms with Crippen molar-refractivity contribution in [1.82, 2.24) is 0 Å².